The standard InChI is InChI=1S/C15H20N4O2.C4H2ClN2.Na/c1-3-19(15(21)18(2)11-20)13-8-9-14(16-10-13)17-12-6-4-5-7-12;5-4-3-6-1-2-7-4;/h4,6,8-12H,3,5,7H2,1-2H3,(H,16,17);2-3H;/q;-1;+1. The Balaban J connectivity index is 0.000000445. The molecular formula is C19H22ClN6NaO2. The molecular weight excluding hydrogens is 403 g/mol. The molecule has 2 heterocycles. The smallest absolute Gasteiger partial charge is 0.455 e. The normalized spacial score (nSPS) is 14.1. The summed E-state index contributed by atoms with van der Waals surface area (Å²) in [5.74, 6) is 0.780. The van der Waals surface area contributed by atoms with E-state index in [0.717, 1.165) is 23.6 Å². The monoisotopic (exact) mass is 424 g/mol. The molecule has 0 aliphatic heterocycles. The molecule has 0 spiro atoms. The number of carbonyl (C=O) groups is 2. The van der Waals surface area contributed by atoms with E-state index in [1.807, 2.05) is 19.1 Å². The molecule has 0 saturated carbocycles. The molecule has 1 unspecified atom stereocenters. The number of nitrogens with one attached hydrogen (secondary N) is 1. The maximum absolute atomic E-state index is 12.0. The van der Waals surface area contributed by atoms with Crippen molar-refractivity contribution in [2.24, 2.45) is 0 Å². The zero-order valence-corrected chi connectivity index (χ0v) is 19.5. The number of hydrogen-bond donors (Lipinski definition) is 1. The molecule has 29 heavy (non-hydrogen) atoms. The average Bonchev–Trinajstić information content (AvgIpc) is 3.23. The van der Waals surface area contributed by atoms with Gasteiger partial charge in [0.05, 0.1) is 17.0 Å². The first-order valence-corrected chi connectivity index (χ1v) is 9.15. The number of urea groups is 1. The average molecular weight is 425 g/mol. The molecule has 0 radical (unpaired) electrons. The molecule has 2 aromatic heterocycles. The number of halogens is 1. The SMILES string of the molecule is CCN(C(=O)N(C)C=O)c1ccc(NC2C=CCC2)nc1.Clc1cn[c-]cn1.[Na+]. The summed E-state index contributed by atoms with van der Waals surface area (Å²) in [7, 11) is 1.44. The van der Waals surface area contributed by atoms with E-state index in [-0.39, 0.29) is 35.6 Å². The molecule has 10 heteroatoms. The number of nitrogens with zero attached hydrogens (tertiary/aromatic N) is 5. The Bertz CT molecular complexity index is 791. The molecule has 0 saturated heterocycles. The van der Waals surface area contributed by atoms with Crippen LogP contribution in [0.1, 0.15) is 19.8 Å². The molecule has 0 aromatic carbocycles. The number of imide groups is 1. The second kappa shape index (κ2) is 13.3. The summed E-state index contributed by atoms with van der Waals surface area (Å²) in [6, 6.07) is 3.63. The minimum atomic E-state index is -0.367. The summed E-state index contributed by atoms with van der Waals surface area (Å²) < 4.78 is 0. The fourth-order valence-corrected chi connectivity index (χ4v) is 2.58. The fourth-order valence-electron chi connectivity index (χ4n) is 2.49. The van der Waals surface area contributed by atoms with Gasteiger partial charge in [0.1, 0.15) is 5.82 Å². The van der Waals surface area contributed by atoms with Crippen LogP contribution in [0.25, 0.3) is 0 Å². The number of rotatable bonds is 5. The fraction of sp³-hybridized carbons (Fsp3) is 0.316. The van der Waals surface area contributed by atoms with E-state index >= 15 is 0 Å². The maximum atomic E-state index is 12.0. The van der Waals surface area contributed by atoms with Crippen LogP contribution in [0.5, 0.6) is 0 Å². The van der Waals surface area contributed by atoms with Crippen LogP contribution in [-0.2, 0) is 4.79 Å². The molecule has 3 rings (SSSR count). The molecule has 8 nitrogen and oxygen atoms in total. The Hall–Kier alpha value is -2.00. The number of anilines is 2. The predicted molar refractivity (Wildman–Crippen MR) is 108 cm³/mol. The predicted octanol–water partition coefficient (Wildman–Crippen LogP) is 0.181. The maximum Gasteiger partial charge on any atom is 1.00 e. The van der Waals surface area contributed by atoms with E-state index in [4.69, 9.17) is 11.6 Å². The summed E-state index contributed by atoms with van der Waals surface area (Å²) in [5.41, 5.74) is 0.670. The van der Waals surface area contributed by atoms with Crippen molar-refractivity contribution >= 4 is 35.5 Å². The summed E-state index contributed by atoms with van der Waals surface area (Å²) in [5, 5.41) is 3.72. The van der Waals surface area contributed by atoms with Gasteiger partial charge in [0.15, 0.2) is 0 Å². The molecule has 3 amide bonds. The number of aromatic nitrogens is 3. The third-order valence-corrected chi connectivity index (χ3v) is 4.10. The Kier molecular flexibility index (Phi) is 11.5. The minimum absolute atomic E-state index is 0. The van der Waals surface area contributed by atoms with Crippen LogP contribution in [-0.4, -0.2) is 51.9 Å². The first kappa shape index (κ1) is 25.0. The van der Waals surface area contributed by atoms with Crippen LogP contribution in [0.15, 0.2) is 42.9 Å². The second-order valence-corrected chi connectivity index (χ2v) is 6.26. The molecule has 0 bridgehead atoms. The number of pyridine rings is 1. The van der Waals surface area contributed by atoms with Crippen molar-refractivity contribution in [2.45, 2.75) is 25.8 Å². The van der Waals surface area contributed by atoms with Crippen molar-refractivity contribution in [3.63, 3.8) is 0 Å². The van der Waals surface area contributed by atoms with Crippen molar-refractivity contribution in [2.75, 3.05) is 23.8 Å². The van der Waals surface area contributed by atoms with Crippen LogP contribution in [0, 0.1) is 6.20 Å². The number of allylic oxidation sites excluding steroid dienone is 1. The van der Waals surface area contributed by atoms with Crippen LogP contribution in [0.4, 0.5) is 16.3 Å². The van der Waals surface area contributed by atoms with Gasteiger partial charge in [0.25, 0.3) is 0 Å². The van der Waals surface area contributed by atoms with Crippen LogP contribution >= 0.6 is 11.6 Å². The van der Waals surface area contributed by atoms with Gasteiger partial charge in [-0.2, -0.15) is 0 Å². The van der Waals surface area contributed by atoms with Gasteiger partial charge in [-0.1, -0.05) is 29.9 Å². The van der Waals surface area contributed by atoms with E-state index in [0.29, 0.717) is 29.8 Å². The van der Waals surface area contributed by atoms with Gasteiger partial charge >= 0.3 is 35.6 Å². The Morgan fingerprint density at radius 3 is 2.62 bits per heavy atom. The molecule has 148 valence electrons. The molecule has 0 fully saturated rings. The first-order valence-electron chi connectivity index (χ1n) is 8.77. The first-order chi connectivity index (χ1) is 13.5. The van der Waals surface area contributed by atoms with Gasteiger partial charge in [-0.15, -0.1) is 6.20 Å². The third-order valence-electron chi connectivity index (χ3n) is 3.90. The van der Waals surface area contributed by atoms with Crippen molar-refractivity contribution in [3.8, 4) is 0 Å². The van der Waals surface area contributed by atoms with Gasteiger partial charge in [0, 0.05) is 19.6 Å². The van der Waals surface area contributed by atoms with Gasteiger partial charge < -0.3 is 10.3 Å². The number of carbonyl (C=O) groups excluding carboxylic acids is 2. The van der Waals surface area contributed by atoms with Crippen molar-refractivity contribution in [3.05, 3.63) is 54.2 Å². The van der Waals surface area contributed by atoms with Crippen LogP contribution < -0.4 is 39.8 Å². The van der Waals surface area contributed by atoms with Crippen LogP contribution in [0.2, 0.25) is 5.15 Å². The molecule has 2 aromatic rings. The summed E-state index contributed by atoms with van der Waals surface area (Å²) in [6.45, 7) is 2.32. The van der Waals surface area contributed by atoms with E-state index in [9.17, 15) is 9.59 Å². The largest absolute Gasteiger partial charge is 1.00 e. The van der Waals surface area contributed by atoms with E-state index in [2.05, 4.69) is 38.6 Å². The minimum Gasteiger partial charge on any atom is -0.455 e. The molecule has 1 N–H and O–H groups in total. The second-order valence-electron chi connectivity index (χ2n) is 5.87. The number of amides is 3. The van der Waals surface area contributed by atoms with Crippen molar-refractivity contribution < 1.29 is 39.1 Å². The Morgan fingerprint density at radius 1 is 1.38 bits per heavy atom. The van der Waals surface area contributed by atoms with E-state index in [1.165, 1.54) is 24.3 Å². The third kappa shape index (κ3) is 8.10. The summed E-state index contributed by atoms with van der Waals surface area (Å²) in [6.07, 6.45) is 13.9. The van der Waals surface area contributed by atoms with Gasteiger partial charge in [-0.3, -0.25) is 19.6 Å². The van der Waals surface area contributed by atoms with E-state index in [1.54, 1.807) is 6.20 Å². The Morgan fingerprint density at radius 2 is 2.17 bits per heavy atom. The van der Waals surface area contributed by atoms with Gasteiger partial charge in [-0.25, -0.2) is 9.78 Å². The number of hydrogen-bond acceptors (Lipinski definition) is 6. The van der Waals surface area contributed by atoms with Gasteiger partial charge in [0.2, 0.25) is 6.41 Å². The zero-order chi connectivity index (χ0) is 20.4. The van der Waals surface area contributed by atoms with E-state index < -0.39 is 0 Å². The summed E-state index contributed by atoms with van der Waals surface area (Å²) in [4.78, 5) is 36.8. The zero-order valence-electron chi connectivity index (χ0n) is 16.7. The molecule has 1 aliphatic carbocycles. The van der Waals surface area contributed by atoms with Crippen molar-refractivity contribution in [1.29, 1.82) is 0 Å². The Labute approximate surface area is 197 Å². The topological polar surface area (TPSA) is 91.3 Å². The molecule has 1 atom stereocenters. The van der Waals surface area contributed by atoms with Crippen LogP contribution in [0.3, 0.4) is 0 Å². The van der Waals surface area contributed by atoms with Crippen molar-refractivity contribution in [1.82, 2.24) is 19.9 Å². The molecule has 1 aliphatic rings. The quantitative estimate of drug-likeness (QED) is 0.319. The van der Waals surface area contributed by atoms with Gasteiger partial charge in [-0.05, 0) is 38.1 Å². The summed E-state index contributed by atoms with van der Waals surface area (Å²) >= 11 is 5.35.